The molecule has 0 bridgehead atoms. The van der Waals surface area contributed by atoms with Crippen LogP contribution in [-0.2, 0) is 0 Å². The van der Waals surface area contributed by atoms with Crippen LogP contribution in [0.4, 0.5) is 0 Å². The third kappa shape index (κ3) is 2.58. The summed E-state index contributed by atoms with van der Waals surface area (Å²) >= 11 is 10.8. The van der Waals surface area contributed by atoms with Gasteiger partial charge in [-0.3, -0.25) is 4.79 Å². The van der Waals surface area contributed by atoms with Crippen molar-refractivity contribution in [2.24, 2.45) is 5.73 Å². The van der Waals surface area contributed by atoms with E-state index in [-0.39, 0.29) is 11.9 Å². The van der Waals surface area contributed by atoms with Gasteiger partial charge >= 0.3 is 0 Å². The van der Waals surface area contributed by atoms with Crippen molar-refractivity contribution in [2.75, 3.05) is 6.54 Å². The maximum Gasteiger partial charge on any atom is 0.254 e. The zero-order valence-corrected chi connectivity index (χ0v) is 10.8. The molecule has 3 nitrogen and oxygen atoms in total. The van der Waals surface area contributed by atoms with Gasteiger partial charge in [-0.05, 0) is 37.1 Å². The fourth-order valence-electron chi connectivity index (χ4n) is 2.06. The smallest absolute Gasteiger partial charge is 0.254 e. The van der Waals surface area contributed by atoms with Crippen LogP contribution in [-0.4, -0.2) is 28.4 Å². The molecule has 0 aliphatic carbocycles. The molecule has 17 heavy (non-hydrogen) atoms. The Morgan fingerprint density at radius 3 is 2.65 bits per heavy atom. The van der Waals surface area contributed by atoms with Crippen molar-refractivity contribution >= 4 is 34.7 Å². The van der Waals surface area contributed by atoms with E-state index in [4.69, 9.17) is 29.6 Å². The van der Waals surface area contributed by atoms with Crippen molar-refractivity contribution in [3.05, 3.63) is 34.9 Å². The number of nitrogens with two attached hydrogens (primary N) is 1. The Hall–Kier alpha value is -1.13. The van der Waals surface area contributed by atoms with Gasteiger partial charge in [0.2, 0.25) is 0 Å². The standard InChI is InChI=1S/C12H13ClN2OS/c13-9-5-3-8(4-6-9)12(16)15-7-1-2-10(15)11(14)17/h3-6,10H,1-2,7H2,(H2,14,17). The summed E-state index contributed by atoms with van der Waals surface area (Å²) < 4.78 is 0. The molecule has 1 atom stereocenters. The molecule has 1 aromatic carbocycles. The zero-order valence-electron chi connectivity index (χ0n) is 9.23. The Morgan fingerprint density at radius 2 is 2.06 bits per heavy atom. The third-order valence-corrected chi connectivity index (χ3v) is 3.46. The Kier molecular flexibility index (Phi) is 3.64. The lowest BCUT2D eigenvalue weighted by atomic mass is 10.1. The Labute approximate surface area is 111 Å². The van der Waals surface area contributed by atoms with Gasteiger partial charge in [0.15, 0.2) is 0 Å². The highest BCUT2D eigenvalue weighted by atomic mass is 35.5. The number of nitrogens with zero attached hydrogens (tertiary/aromatic N) is 1. The minimum Gasteiger partial charge on any atom is -0.392 e. The summed E-state index contributed by atoms with van der Waals surface area (Å²) in [6, 6.07) is 6.76. The van der Waals surface area contributed by atoms with Crippen LogP contribution in [0, 0.1) is 0 Å². The summed E-state index contributed by atoms with van der Waals surface area (Å²) in [5.74, 6) is -0.0306. The van der Waals surface area contributed by atoms with Crippen molar-refractivity contribution in [3.63, 3.8) is 0 Å². The second-order valence-electron chi connectivity index (χ2n) is 4.07. The van der Waals surface area contributed by atoms with Crippen LogP contribution in [0.25, 0.3) is 0 Å². The molecule has 0 aromatic heterocycles. The molecule has 1 aromatic rings. The van der Waals surface area contributed by atoms with Gasteiger partial charge in [-0.2, -0.15) is 0 Å². The first-order chi connectivity index (χ1) is 8.09. The molecule has 0 radical (unpaired) electrons. The van der Waals surface area contributed by atoms with Crippen molar-refractivity contribution < 1.29 is 4.79 Å². The molecule has 0 saturated carbocycles. The van der Waals surface area contributed by atoms with Crippen LogP contribution < -0.4 is 5.73 Å². The lowest BCUT2D eigenvalue weighted by Gasteiger charge is -2.23. The minimum atomic E-state index is -0.104. The van der Waals surface area contributed by atoms with Crippen LogP contribution in [0.15, 0.2) is 24.3 Å². The first-order valence-corrected chi connectivity index (χ1v) is 6.24. The number of thiocarbonyl (C=S) groups is 1. The van der Waals surface area contributed by atoms with E-state index in [1.54, 1.807) is 29.2 Å². The molecule has 1 fully saturated rings. The second kappa shape index (κ2) is 5.02. The number of hydrogen-bond acceptors (Lipinski definition) is 2. The molecule has 1 unspecified atom stereocenters. The first-order valence-electron chi connectivity index (χ1n) is 5.45. The number of carbonyl (C=O) groups is 1. The Morgan fingerprint density at radius 1 is 1.41 bits per heavy atom. The van der Waals surface area contributed by atoms with E-state index in [1.165, 1.54) is 0 Å². The van der Waals surface area contributed by atoms with E-state index in [0.29, 0.717) is 22.1 Å². The molecule has 1 aliphatic rings. The van der Waals surface area contributed by atoms with E-state index in [1.807, 2.05) is 0 Å². The summed E-state index contributed by atoms with van der Waals surface area (Å²) in [5.41, 5.74) is 6.27. The van der Waals surface area contributed by atoms with E-state index in [9.17, 15) is 4.79 Å². The highest BCUT2D eigenvalue weighted by molar-refractivity contribution is 7.80. The molecule has 2 N–H and O–H groups in total. The summed E-state index contributed by atoms with van der Waals surface area (Å²) in [7, 11) is 0. The van der Waals surface area contributed by atoms with Gasteiger partial charge in [0.25, 0.3) is 5.91 Å². The molecule has 1 saturated heterocycles. The molecule has 90 valence electrons. The monoisotopic (exact) mass is 268 g/mol. The van der Waals surface area contributed by atoms with Gasteiger partial charge in [0, 0.05) is 17.1 Å². The van der Waals surface area contributed by atoms with Gasteiger partial charge in [0.05, 0.1) is 11.0 Å². The van der Waals surface area contributed by atoms with Crippen LogP contribution in [0.2, 0.25) is 5.02 Å². The third-order valence-electron chi connectivity index (χ3n) is 2.93. The number of hydrogen-bond donors (Lipinski definition) is 1. The number of carbonyl (C=O) groups excluding carboxylic acids is 1. The highest BCUT2D eigenvalue weighted by Crippen LogP contribution is 2.21. The summed E-state index contributed by atoms with van der Waals surface area (Å²) in [5, 5.41) is 0.619. The maximum atomic E-state index is 12.2. The highest BCUT2D eigenvalue weighted by Gasteiger charge is 2.30. The number of amides is 1. The molecule has 1 aliphatic heterocycles. The average Bonchev–Trinajstić information content (AvgIpc) is 2.78. The van der Waals surface area contributed by atoms with Crippen LogP contribution >= 0.6 is 23.8 Å². The quantitative estimate of drug-likeness (QED) is 0.837. The summed E-state index contributed by atoms with van der Waals surface area (Å²) in [4.78, 5) is 14.4. The zero-order chi connectivity index (χ0) is 12.4. The fourth-order valence-corrected chi connectivity index (χ4v) is 2.43. The van der Waals surface area contributed by atoms with Crippen molar-refractivity contribution in [2.45, 2.75) is 18.9 Å². The summed E-state index contributed by atoms with van der Waals surface area (Å²) in [6.45, 7) is 0.712. The lowest BCUT2D eigenvalue weighted by molar-refractivity contribution is 0.0770. The Balaban J connectivity index is 2.19. The molecule has 2 rings (SSSR count). The van der Waals surface area contributed by atoms with Crippen LogP contribution in [0.3, 0.4) is 0 Å². The molecular formula is C12H13ClN2OS. The average molecular weight is 269 g/mol. The maximum absolute atomic E-state index is 12.2. The van der Waals surface area contributed by atoms with Gasteiger partial charge < -0.3 is 10.6 Å². The van der Waals surface area contributed by atoms with Crippen LogP contribution in [0.1, 0.15) is 23.2 Å². The molecule has 1 heterocycles. The fraction of sp³-hybridized carbons (Fsp3) is 0.333. The van der Waals surface area contributed by atoms with Crippen molar-refractivity contribution in [3.8, 4) is 0 Å². The molecule has 5 heteroatoms. The molecule has 0 spiro atoms. The number of likely N-dealkylation sites (tertiary alicyclic amines) is 1. The first kappa shape index (κ1) is 12.3. The van der Waals surface area contributed by atoms with E-state index >= 15 is 0 Å². The van der Waals surface area contributed by atoms with Gasteiger partial charge in [-0.15, -0.1) is 0 Å². The van der Waals surface area contributed by atoms with E-state index < -0.39 is 0 Å². The number of halogens is 1. The Bertz CT molecular complexity index is 446. The lowest BCUT2D eigenvalue weighted by Crippen LogP contribution is -2.42. The second-order valence-corrected chi connectivity index (χ2v) is 4.97. The SMILES string of the molecule is NC(=S)C1CCCN1C(=O)c1ccc(Cl)cc1. The number of benzene rings is 1. The number of rotatable bonds is 2. The molecular weight excluding hydrogens is 256 g/mol. The van der Waals surface area contributed by atoms with Crippen LogP contribution in [0.5, 0.6) is 0 Å². The minimum absolute atomic E-state index is 0.0306. The van der Waals surface area contributed by atoms with Crippen molar-refractivity contribution in [1.82, 2.24) is 4.90 Å². The van der Waals surface area contributed by atoms with Crippen molar-refractivity contribution in [1.29, 1.82) is 0 Å². The largest absolute Gasteiger partial charge is 0.392 e. The van der Waals surface area contributed by atoms with Gasteiger partial charge in [0.1, 0.15) is 0 Å². The van der Waals surface area contributed by atoms with Gasteiger partial charge in [-0.25, -0.2) is 0 Å². The van der Waals surface area contributed by atoms with E-state index in [2.05, 4.69) is 0 Å². The normalized spacial score (nSPS) is 19.4. The van der Waals surface area contributed by atoms with E-state index in [0.717, 1.165) is 12.8 Å². The van der Waals surface area contributed by atoms with Gasteiger partial charge in [-0.1, -0.05) is 23.8 Å². The molecule has 1 amide bonds. The topological polar surface area (TPSA) is 46.3 Å². The summed E-state index contributed by atoms with van der Waals surface area (Å²) in [6.07, 6.45) is 1.80. The predicted octanol–water partition coefficient (Wildman–Crippen LogP) is 2.23. The predicted molar refractivity (Wildman–Crippen MR) is 72.3 cm³/mol.